The van der Waals surface area contributed by atoms with E-state index in [4.69, 9.17) is 15.3 Å². The molecule has 0 fully saturated rings. The van der Waals surface area contributed by atoms with Gasteiger partial charge in [0.25, 0.3) is 5.91 Å². The van der Waals surface area contributed by atoms with Crippen LogP contribution in [-0.4, -0.2) is 55.7 Å². The van der Waals surface area contributed by atoms with Crippen LogP contribution in [0.15, 0.2) is 53.4 Å². The van der Waals surface area contributed by atoms with Crippen molar-refractivity contribution in [2.45, 2.75) is 30.7 Å². The summed E-state index contributed by atoms with van der Waals surface area (Å²) < 4.78 is 32.8. The third-order valence-corrected chi connectivity index (χ3v) is 7.31. The molecule has 1 heterocycles. The van der Waals surface area contributed by atoms with Crippen LogP contribution >= 0.6 is 0 Å². The van der Waals surface area contributed by atoms with E-state index in [1.807, 2.05) is 36.4 Å². The minimum absolute atomic E-state index is 0.00637. The Morgan fingerprint density at radius 1 is 1.00 bits per heavy atom. The lowest BCUT2D eigenvalue weighted by atomic mass is 10.0. The first-order chi connectivity index (χ1) is 16.4. The summed E-state index contributed by atoms with van der Waals surface area (Å²) in [4.78, 5) is 26.1. The lowest BCUT2D eigenvalue weighted by molar-refractivity contribution is -0.134. The average Bonchev–Trinajstić information content (AvgIpc) is 2.87. The first-order valence-corrected chi connectivity index (χ1v) is 12.2. The van der Waals surface area contributed by atoms with Crippen LogP contribution in [0.3, 0.4) is 0 Å². The van der Waals surface area contributed by atoms with E-state index in [0.717, 1.165) is 11.1 Å². The van der Waals surface area contributed by atoms with E-state index in [1.165, 1.54) is 33.5 Å². The number of rotatable bonds is 9. The summed E-state index contributed by atoms with van der Waals surface area (Å²) in [6.45, 7) is 0.269. The number of nitriles is 2. The zero-order valence-corrected chi connectivity index (χ0v) is 19.3. The molecule has 1 amide bonds. The summed E-state index contributed by atoms with van der Waals surface area (Å²) in [6, 6.07) is 17.1. The number of sulfonamides is 1. The molecule has 3 rings (SSSR count). The molecule has 1 aliphatic heterocycles. The minimum Gasteiger partial charge on any atom is -0.452 e. The fourth-order valence-electron chi connectivity index (χ4n) is 3.64. The fourth-order valence-corrected chi connectivity index (χ4v) is 5.11. The normalized spacial score (nSPS) is 13.2. The molecule has 0 bridgehead atoms. The molecule has 9 nitrogen and oxygen atoms in total. The molecular weight excluding hydrogens is 456 g/mol. The van der Waals surface area contributed by atoms with Gasteiger partial charge >= 0.3 is 5.97 Å². The van der Waals surface area contributed by atoms with Crippen molar-refractivity contribution in [1.29, 1.82) is 10.5 Å². The molecule has 176 valence electrons. The molecule has 2 aromatic carbocycles. The second kappa shape index (κ2) is 11.4. The van der Waals surface area contributed by atoms with Gasteiger partial charge in [-0.15, -0.1) is 0 Å². The Hall–Kier alpha value is -3.73. The fraction of sp³-hybridized carbons (Fsp3) is 0.333. The molecule has 0 unspecified atom stereocenters. The van der Waals surface area contributed by atoms with Gasteiger partial charge in [-0.3, -0.25) is 4.79 Å². The third kappa shape index (κ3) is 5.98. The first kappa shape index (κ1) is 24.9. The number of nitrogens with zero attached hydrogens (tertiary/aromatic N) is 4. The maximum absolute atomic E-state index is 13.2. The number of carbonyl (C=O) groups is 2. The zero-order valence-electron chi connectivity index (χ0n) is 18.5. The standard InChI is InChI=1S/C24H24N4O5S/c25-11-4-13-27(14-5-12-26)23(29)18-33-24(30)20-8-3-9-22(16-20)34(31,32)28-15-10-19-6-1-2-7-21(19)17-28/h1-3,6-9,16H,4-5,10,13-15,17-18H2. The number of amides is 1. The number of hydrogen-bond acceptors (Lipinski definition) is 7. The van der Waals surface area contributed by atoms with Gasteiger partial charge in [0, 0.05) is 26.2 Å². The number of hydrogen-bond donors (Lipinski definition) is 0. The number of ether oxygens (including phenoxy) is 1. The van der Waals surface area contributed by atoms with Crippen LogP contribution in [0.2, 0.25) is 0 Å². The highest BCUT2D eigenvalue weighted by molar-refractivity contribution is 7.89. The van der Waals surface area contributed by atoms with E-state index in [0.29, 0.717) is 13.0 Å². The molecule has 0 saturated carbocycles. The van der Waals surface area contributed by atoms with Crippen molar-refractivity contribution in [3.63, 3.8) is 0 Å². The lowest BCUT2D eigenvalue weighted by Crippen LogP contribution is -2.36. The highest BCUT2D eigenvalue weighted by atomic mass is 32.2. The highest BCUT2D eigenvalue weighted by Gasteiger charge is 2.29. The third-order valence-electron chi connectivity index (χ3n) is 5.47. The van der Waals surface area contributed by atoms with Gasteiger partial charge < -0.3 is 9.64 Å². The van der Waals surface area contributed by atoms with Crippen molar-refractivity contribution in [1.82, 2.24) is 9.21 Å². The molecule has 0 atom stereocenters. The predicted molar refractivity (Wildman–Crippen MR) is 122 cm³/mol. The molecule has 0 spiro atoms. The highest BCUT2D eigenvalue weighted by Crippen LogP contribution is 2.25. The van der Waals surface area contributed by atoms with E-state index < -0.39 is 28.5 Å². The van der Waals surface area contributed by atoms with Gasteiger partial charge in [-0.1, -0.05) is 30.3 Å². The van der Waals surface area contributed by atoms with Crippen LogP contribution in [0, 0.1) is 22.7 Å². The summed E-state index contributed by atoms with van der Waals surface area (Å²) >= 11 is 0. The van der Waals surface area contributed by atoms with Crippen LogP contribution in [0.25, 0.3) is 0 Å². The molecule has 0 saturated heterocycles. The summed E-state index contributed by atoms with van der Waals surface area (Å²) in [7, 11) is -3.84. The second-order valence-corrected chi connectivity index (χ2v) is 9.60. The number of esters is 1. The van der Waals surface area contributed by atoms with E-state index in [1.54, 1.807) is 0 Å². The quantitative estimate of drug-likeness (QED) is 0.503. The summed E-state index contributed by atoms with van der Waals surface area (Å²) in [5, 5.41) is 17.5. The minimum atomic E-state index is -3.84. The molecular formula is C24H24N4O5S. The Morgan fingerprint density at radius 2 is 1.68 bits per heavy atom. The molecule has 1 aliphatic rings. The van der Waals surface area contributed by atoms with Gasteiger partial charge in [0.05, 0.1) is 35.4 Å². The van der Waals surface area contributed by atoms with Crippen LogP contribution in [-0.2, 0) is 32.5 Å². The van der Waals surface area contributed by atoms with Crippen LogP contribution in [0.4, 0.5) is 0 Å². The van der Waals surface area contributed by atoms with Crippen molar-refractivity contribution < 1.29 is 22.7 Å². The van der Waals surface area contributed by atoms with Crippen molar-refractivity contribution >= 4 is 21.9 Å². The number of benzene rings is 2. The van der Waals surface area contributed by atoms with E-state index >= 15 is 0 Å². The molecule has 2 aromatic rings. The SMILES string of the molecule is N#CCCN(CCC#N)C(=O)COC(=O)c1cccc(S(=O)(=O)N2CCc3ccccc3C2)c1. The molecule has 0 N–H and O–H groups in total. The largest absolute Gasteiger partial charge is 0.452 e. The van der Waals surface area contributed by atoms with E-state index in [9.17, 15) is 18.0 Å². The van der Waals surface area contributed by atoms with Gasteiger partial charge in [-0.2, -0.15) is 14.8 Å². The summed E-state index contributed by atoms with van der Waals surface area (Å²) in [6.07, 6.45) is 0.783. The smallest absolute Gasteiger partial charge is 0.338 e. The Bertz CT molecular complexity index is 1230. The molecule has 0 aromatic heterocycles. The van der Waals surface area contributed by atoms with Crippen molar-refractivity contribution in [3.8, 4) is 12.1 Å². The van der Waals surface area contributed by atoms with Gasteiger partial charge in [-0.05, 0) is 35.7 Å². The van der Waals surface area contributed by atoms with Crippen molar-refractivity contribution in [3.05, 3.63) is 65.2 Å². The predicted octanol–water partition coefficient (Wildman–Crippen LogP) is 2.25. The van der Waals surface area contributed by atoms with Crippen LogP contribution in [0.5, 0.6) is 0 Å². The van der Waals surface area contributed by atoms with Crippen LogP contribution < -0.4 is 0 Å². The maximum Gasteiger partial charge on any atom is 0.338 e. The first-order valence-electron chi connectivity index (χ1n) is 10.7. The van der Waals surface area contributed by atoms with Gasteiger partial charge in [-0.25, -0.2) is 13.2 Å². The molecule has 0 aliphatic carbocycles. The number of carbonyl (C=O) groups excluding carboxylic acids is 2. The van der Waals surface area contributed by atoms with E-state index in [2.05, 4.69) is 0 Å². The Kier molecular flexibility index (Phi) is 8.36. The zero-order chi connectivity index (χ0) is 24.6. The van der Waals surface area contributed by atoms with Crippen molar-refractivity contribution in [2.24, 2.45) is 0 Å². The van der Waals surface area contributed by atoms with Gasteiger partial charge in [0.2, 0.25) is 10.0 Å². The topological polar surface area (TPSA) is 132 Å². The molecule has 10 heteroatoms. The Balaban J connectivity index is 1.67. The van der Waals surface area contributed by atoms with Gasteiger partial charge in [0.15, 0.2) is 6.61 Å². The van der Waals surface area contributed by atoms with Crippen LogP contribution in [0.1, 0.15) is 34.3 Å². The molecule has 34 heavy (non-hydrogen) atoms. The monoisotopic (exact) mass is 480 g/mol. The van der Waals surface area contributed by atoms with Crippen molar-refractivity contribution in [2.75, 3.05) is 26.2 Å². The Labute approximate surface area is 198 Å². The maximum atomic E-state index is 13.2. The number of fused-ring (bicyclic) bond motifs is 1. The molecule has 0 radical (unpaired) electrons. The Morgan fingerprint density at radius 3 is 2.35 bits per heavy atom. The summed E-state index contributed by atoms with van der Waals surface area (Å²) in [5.41, 5.74) is 2.07. The van der Waals surface area contributed by atoms with Gasteiger partial charge in [0.1, 0.15) is 0 Å². The second-order valence-electron chi connectivity index (χ2n) is 7.66. The van der Waals surface area contributed by atoms with E-state index in [-0.39, 0.29) is 42.9 Å². The lowest BCUT2D eigenvalue weighted by Gasteiger charge is -2.28. The summed E-state index contributed by atoms with van der Waals surface area (Å²) in [5.74, 6) is -1.37. The average molecular weight is 481 g/mol.